The first kappa shape index (κ1) is 35.7. The Kier molecular flexibility index (Phi) is 9.79. The van der Waals surface area contributed by atoms with Gasteiger partial charge in [-0.3, -0.25) is 24.3 Å². The van der Waals surface area contributed by atoms with Gasteiger partial charge in [0.25, 0.3) is 0 Å². The van der Waals surface area contributed by atoms with E-state index in [0.29, 0.717) is 22.3 Å². The number of pyridine rings is 1. The van der Waals surface area contributed by atoms with Gasteiger partial charge in [0.15, 0.2) is 0 Å². The van der Waals surface area contributed by atoms with Crippen LogP contribution in [-0.2, 0) is 25.5 Å². The average molecular weight is 707 g/mol. The van der Waals surface area contributed by atoms with Gasteiger partial charge in [-0.25, -0.2) is 9.18 Å². The number of halogens is 1. The number of anilines is 4. The molecule has 0 bridgehead atoms. The number of fused-ring (bicyclic) bond motifs is 2. The molecule has 3 heterocycles. The summed E-state index contributed by atoms with van der Waals surface area (Å²) in [6.45, 7) is 8.42. The van der Waals surface area contributed by atoms with Crippen LogP contribution < -0.4 is 19.4 Å². The molecule has 2 aromatic heterocycles. The van der Waals surface area contributed by atoms with Crippen molar-refractivity contribution in [3.05, 3.63) is 103 Å². The van der Waals surface area contributed by atoms with E-state index in [1.807, 2.05) is 13.8 Å². The lowest BCUT2D eigenvalue weighted by atomic mass is 9.98. The van der Waals surface area contributed by atoms with E-state index in [2.05, 4.69) is 10.1 Å². The molecule has 52 heavy (non-hydrogen) atoms. The molecular weight excluding hydrogens is 667 g/mol. The SMILES string of the molecule is COc1ccc(N(C(=O)CN2C(=O)C(Cc3nn(C(=O)OC(C)(C)C)c4ccccc34)C(=O)N(c3cccnc3)c3cc(F)ccc32)C(C)C)cc1. The molecule has 13 heteroatoms. The number of aromatic nitrogens is 3. The predicted octanol–water partition coefficient (Wildman–Crippen LogP) is 6.67. The fraction of sp³-hybridized carbons (Fsp3) is 0.282. The van der Waals surface area contributed by atoms with Crippen molar-refractivity contribution in [2.45, 2.75) is 52.7 Å². The largest absolute Gasteiger partial charge is 0.497 e. The Morgan fingerprint density at radius 2 is 1.67 bits per heavy atom. The molecule has 1 aliphatic heterocycles. The summed E-state index contributed by atoms with van der Waals surface area (Å²) in [5, 5.41) is 5.09. The van der Waals surface area contributed by atoms with Gasteiger partial charge in [0.05, 0.1) is 41.6 Å². The van der Waals surface area contributed by atoms with E-state index in [1.54, 1.807) is 93.4 Å². The molecule has 12 nitrogen and oxygen atoms in total. The second kappa shape index (κ2) is 14.3. The van der Waals surface area contributed by atoms with Crippen LogP contribution in [-0.4, -0.2) is 63.9 Å². The van der Waals surface area contributed by atoms with Crippen LogP contribution in [0.2, 0.25) is 0 Å². The smallest absolute Gasteiger partial charge is 0.435 e. The van der Waals surface area contributed by atoms with E-state index in [4.69, 9.17) is 9.47 Å². The molecule has 1 aliphatic rings. The van der Waals surface area contributed by atoms with E-state index < -0.39 is 47.7 Å². The molecule has 0 N–H and O–H groups in total. The minimum Gasteiger partial charge on any atom is -0.497 e. The number of nitrogens with zero attached hydrogens (tertiary/aromatic N) is 6. The summed E-state index contributed by atoms with van der Waals surface area (Å²) in [5.41, 5.74) is 0.973. The van der Waals surface area contributed by atoms with Gasteiger partial charge >= 0.3 is 6.09 Å². The van der Waals surface area contributed by atoms with E-state index in [-0.39, 0.29) is 35.2 Å². The Labute approximate surface area is 300 Å². The third-order valence-electron chi connectivity index (χ3n) is 8.51. The highest BCUT2D eigenvalue weighted by atomic mass is 19.1. The summed E-state index contributed by atoms with van der Waals surface area (Å²) in [4.78, 5) is 65.3. The number of carbonyl (C=O) groups is 4. The third kappa shape index (κ3) is 7.07. The molecule has 3 amide bonds. The highest BCUT2D eigenvalue weighted by molar-refractivity contribution is 6.21. The standard InChI is InChI=1S/C39H39FN6O6/c1-24(2)44(26-14-16-28(51-6)17-15-26)35(47)23-43-33-18-13-25(40)20-34(33)45(27-10-9-19-41-22-27)37(49)30(36(43)48)21-31-29-11-7-8-12-32(29)46(42-31)38(50)52-39(3,4)5/h7-20,22,24,30H,21,23H2,1-6H3. The van der Waals surface area contributed by atoms with Crippen LogP contribution in [0.3, 0.4) is 0 Å². The van der Waals surface area contributed by atoms with Gasteiger partial charge in [-0.15, -0.1) is 0 Å². The van der Waals surface area contributed by atoms with E-state index in [9.17, 15) is 19.2 Å². The van der Waals surface area contributed by atoms with Crippen LogP contribution in [0.15, 0.2) is 91.3 Å². The molecule has 1 atom stereocenters. The molecule has 268 valence electrons. The highest BCUT2D eigenvalue weighted by Gasteiger charge is 2.43. The third-order valence-corrected chi connectivity index (χ3v) is 8.51. The predicted molar refractivity (Wildman–Crippen MR) is 194 cm³/mol. The zero-order chi connectivity index (χ0) is 37.3. The van der Waals surface area contributed by atoms with Gasteiger partial charge < -0.3 is 19.3 Å². The number of hydrogen-bond donors (Lipinski definition) is 0. The number of rotatable bonds is 8. The molecule has 0 saturated heterocycles. The van der Waals surface area contributed by atoms with Crippen LogP contribution in [0.4, 0.5) is 31.9 Å². The summed E-state index contributed by atoms with van der Waals surface area (Å²) in [7, 11) is 1.54. The van der Waals surface area contributed by atoms with Crippen molar-refractivity contribution >= 4 is 57.5 Å². The molecule has 3 aromatic carbocycles. The minimum absolute atomic E-state index is 0.0614. The van der Waals surface area contributed by atoms with Crippen LogP contribution in [0.1, 0.15) is 40.3 Å². The first-order valence-electron chi connectivity index (χ1n) is 16.8. The Morgan fingerprint density at radius 3 is 2.33 bits per heavy atom. The first-order valence-corrected chi connectivity index (χ1v) is 16.8. The molecule has 1 unspecified atom stereocenters. The number of hydrogen-bond acceptors (Lipinski definition) is 8. The Bertz CT molecular complexity index is 2140. The lowest BCUT2D eigenvalue weighted by molar-refractivity contribution is -0.132. The number of amides is 3. The number of ether oxygens (including phenoxy) is 2. The quantitative estimate of drug-likeness (QED) is 0.164. The van der Waals surface area contributed by atoms with E-state index in [0.717, 1.165) is 10.7 Å². The van der Waals surface area contributed by atoms with Crippen LogP contribution in [0, 0.1) is 11.7 Å². The molecule has 6 rings (SSSR count). The van der Waals surface area contributed by atoms with E-state index >= 15 is 4.39 Å². The van der Waals surface area contributed by atoms with Crippen molar-refractivity contribution < 1.29 is 33.0 Å². The normalized spacial score (nSPS) is 14.7. The fourth-order valence-corrected chi connectivity index (χ4v) is 6.28. The van der Waals surface area contributed by atoms with Crippen molar-refractivity contribution in [1.29, 1.82) is 0 Å². The molecule has 0 saturated carbocycles. The summed E-state index contributed by atoms with van der Waals surface area (Å²) in [6.07, 6.45) is 1.98. The van der Waals surface area contributed by atoms with Crippen molar-refractivity contribution in [2.24, 2.45) is 5.92 Å². The summed E-state index contributed by atoms with van der Waals surface area (Å²) in [5.74, 6) is -3.33. The zero-order valence-corrected chi connectivity index (χ0v) is 29.7. The lowest BCUT2D eigenvalue weighted by Crippen LogP contribution is -2.48. The molecular formula is C39H39FN6O6. The van der Waals surface area contributed by atoms with Gasteiger partial charge in [-0.1, -0.05) is 18.2 Å². The van der Waals surface area contributed by atoms with Gasteiger partial charge in [-0.05, 0) is 89.2 Å². The van der Waals surface area contributed by atoms with Gasteiger partial charge in [0, 0.05) is 35.8 Å². The number of para-hydroxylation sites is 1. The second-order valence-electron chi connectivity index (χ2n) is 13.6. The van der Waals surface area contributed by atoms with Crippen molar-refractivity contribution in [1.82, 2.24) is 14.8 Å². The Morgan fingerprint density at radius 1 is 0.942 bits per heavy atom. The van der Waals surface area contributed by atoms with Crippen molar-refractivity contribution in [2.75, 3.05) is 28.4 Å². The monoisotopic (exact) mass is 706 g/mol. The van der Waals surface area contributed by atoms with Crippen molar-refractivity contribution in [3.8, 4) is 5.75 Å². The Balaban J connectivity index is 1.48. The number of methoxy groups -OCH3 is 1. The van der Waals surface area contributed by atoms with Crippen LogP contribution >= 0.6 is 0 Å². The average Bonchev–Trinajstić information content (AvgIpc) is 3.45. The summed E-state index contributed by atoms with van der Waals surface area (Å²) < 4.78 is 27.1. The van der Waals surface area contributed by atoms with Crippen LogP contribution in [0.5, 0.6) is 5.75 Å². The van der Waals surface area contributed by atoms with Crippen LogP contribution in [0.25, 0.3) is 10.9 Å². The molecule has 0 radical (unpaired) electrons. The Hall–Kier alpha value is -6.11. The van der Waals surface area contributed by atoms with Crippen molar-refractivity contribution in [3.63, 3.8) is 0 Å². The van der Waals surface area contributed by atoms with Gasteiger partial charge in [-0.2, -0.15) is 9.78 Å². The van der Waals surface area contributed by atoms with E-state index in [1.165, 1.54) is 34.3 Å². The minimum atomic E-state index is -1.46. The topological polar surface area (TPSA) is 127 Å². The van der Waals surface area contributed by atoms with Gasteiger partial charge in [0.2, 0.25) is 17.7 Å². The maximum atomic E-state index is 15.1. The second-order valence-corrected chi connectivity index (χ2v) is 13.6. The molecule has 0 spiro atoms. The molecule has 5 aromatic rings. The maximum Gasteiger partial charge on any atom is 0.435 e. The lowest BCUT2D eigenvalue weighted by Gasteiger charge is -2.31. The number of benzene rings is 3. The summed E-state index contributed by atoms with van der Waals surface area (Å²) >= 11 is 0. The molecule has 0 aliphatic carbocycles. The summed E-state index contributed by atoms with van der Waals surface area (Å²) in [6, 6.07) is 20.5. The fourth-order valence-electron chi connectivity index (χ4n) is 6.28. The highest BCUT2D eigenvalue weighted by Crippen LogP contribution is 2.41. The first-order chi connectivity index (χ1) is 24.8. The number of carbonyl (C=O) groups excluding carboxylic acids is 4. The van der Waals surface area contributed by atoms with Gasteiger partial charge in [0.1, 0.15) is 29.6 Å². The zero-order valence-electron chi connectivity index (χ0n) is 29.7. The maximum absolute atomic E-state index is 15.1. The molecule has 0 fully saturated rings.